The van der Waals surface area contributed by atoms with Crippen LogP contribution in [0.1, 0.15) is 47.1 Å². The minimum absolute atomic E-state index is 0.0671. The summed E-state index contributed by atoms with van der Waals surface area (Å²) in [6.45, 7) is 6.66. The molecule has 3 aromatic rings. The van der Waals surface area contributed by atoms with Crippen molar-refractivity contribution in [2.75, 3.05) is 19.8 Å². The summed E-state index contributed by atoms with van der Waals surface area (Å²) in [5.74, 6) is -0.320. The molecule has 0 radical (unpaired) electrons. The fourth-order valence-electron chi connectivity index (χ4n) is 2.91. The third-order valence-corrected chi connectivity index (χ3v) is 5.62. The zero-order chi connectivity index (χ0) is 19.9. The van der Waals surface area contributed by atoms with Gasteiger partial charge in [-0.25, -0.2) is 4.39 Å². The van der Waals surface area contributed by atoms with E-state index in [1.54, 1.807) is 12.1 Å². The van der Waals surface area contributed by atoms with Crippen molar-refractivity contribution in [2.24, 2.45) is 0 Å². The fraction of sp³-hybridized carbons (Fsp3) is 0.429. The first-order valence-corrected chi connectivity index (χ1v) is 10.5. The molecular formula is C21H26FN3O2S. The number of ether oxygens (including phenoxy) is 1. The Morgan fingerprint density at radius 2 is 2.00 bits per heavy atom. The Labute approximate surface area is 168 Å². The molecule has 0 aliphatic carbocycles. The predicted octanol–water partition coefficient (Wildman–Crippen LogP) is 4.53. The van der Waals surface area contributed by atoms with Crippen molar-refractivity contribution in [3.8, 4) is 0 Å². The lowest BCUT2D eigenvalue weighted by Gasteiger charge is -2.05. The van der Waals surface area contributed by atoms with E-state index in [9.17, 15) is 9.18 Å². The van der Waals surface area contributed by atoms with Crippen molar-refractivity contribution in [1.82, 2.24) is 15.1 Å². The molecule has 2 aromatic heterocycles. The number of halogens is 1. The number of amides is 1. The van der Waals surface area contributed by atoms with Gasteiger partial charge in [0.25, 0.3) is 5.91 Å². The van der Waals surface area contributed by atoms with Gasteiger partial charge in [-0.05, 0) is 43.5 Å². The quantitative estimate of drug-likeness (QED) is 0.506. The van der Waals surface area contributed by atoms with Crippen molar-refractivity contribution in [3.05, 3.63) is 52.3 Å². The second-order valence-electron chi connectivity index (χ2n) is 6.77. The molecule has 0 saturated carbocycles. The number of benzene rings is 1. The van der Waals surface area contributed by atoms with Crippen molar-refractivity contribution < 1.29 is 13.9 Å². The number of fused-ring (bicyclic) bond motifs is 1. The number of nitrogens with zero attached hydrogens (tertiary/aromatic N) is 2. The number of carbonyl (C=O) groups excluding carboxylic acids is 1. The molecule has 28 heavy (non-hydrogen) atoms. The van der Waals surface area contributed by atoms with Crippen LogP contribution in [0.25, 0.3) is 10.2 Å². The van der Waals surface area contributed by atoms with Crippen LogP contribution in [0, 0.1) is 12.7 Å². The van der Waals surface area contributed by atoms with Crippen molar-refractivity contribution >= 4 is 27.5 Å². The average Bonchev–Trinajstić information content (AvgIpc) is 3.24. The Balaban J connectivity index is 1.60. The zero-order valence-electron chi connectivity index (χ0n) is 16.3. The van der Waals surface area contributed by atoms with Crippen LogP contribution >= 0.6 is 11.3 Å². The molecule has 2 heterocycles. The van der Waals surface area contributed by atoms with E-state index in [4.69, 9.17) is 4.74 Å². The van der Waals surface area contributed by atoms with Gasteiger partial charge in [0.1, 0.15) is 10.6 Å². The SMILES string of the molecule is CCCCOCCCNC(=O)c1cc2c(C)nn(Cc3ccc(F)cc3)c2s1. The third kappa shape index (κ3) is 5.17. The van der Waals surface area contributed by atoms with Crippen LogP contribution in [-0.2, 0) is 11.3 Å². The van der Waals surface area contributed by atoms with Gasteiger partial charge >= 0.3 is 0 Å². The highest BCUT2D eigenvalue weighted by molar-refractivity contribution is 7.20. The number of carbonyl (C=O) groups is 1. The summed E-state index contributed by atoms with van der Waals surface area (Å²) in [4.78, 5) is 14.1. The monoisotopic (exact) mass is 403 g/mol. The Bertz CT molecular complexity index is 918. The van der Waals surface area contributed by atoms with Gasteiger partial charge in [0.05, 0.1) is 17.1 Å². The highest BCUT2D eigenvalue weighted by Crippen LogP contribution is 2.28. The van der Waals surface area contributed by atoms with Gasteiger partial charge in [0.15, 0.2) is 0 Å². The molecule has 0 spiro atoms. The van der Waals surface area contributed by atoms with E-state index in [-0.39, 0.29) is 11.7 Å². The number of nitrogens with one attached hydrogen (secondary N) is 1. The van der Waals surface area contributed by atoms with E-state index in [0.717, 1.165) is 47.3 Å². The summed E-state index contributed by atoms with van der Waals surface area (Å²) in [5.41, 5.74) is 1.85. The molecular weight excluding hydrogens is 377 g/mol. The highest BCUT2D eigenvalue weighted by Gasteiger charge is 2.16. The lowest BCUT2D eigenvalue weighted by Crippen LogP contribution is -2.24. The molecule has 0 saturated heterocycles. The summed E-state index contributed by atoms with van der Waals surface area (Å²) in [6, 6.07) is 8.30. The largest absolute Gasteiger partial charge is 0.381 e. The van der Waals surface area contributed by atoms with E-state index in [1.165, 1.54) is 23.5 Å². The van der Waals surface area contributed by atoms with Gasteiger partial charge in [-0.3, -0.25) is 9.48 Å². The second kappa shape index (κ2) is 9.80. The van der Waals surface area contributed by atoms with Crippen molar-refractivity contribution in [1.29, 1.82) is 0 Å². The van der Waals surface area contributed by atoms with Crippen LogP contribution in [0.15, 0.2) is 30.3 Å². The van der Waals surface area contributed by atoms with Gasteiger partial charge in [-0.2, -0.15) is 5.10 Å². The van der Waals surface area contributed by atoms with Crippen LogP contribution < -0.4 is 5.32 Å². The number of aryl methyl sites for hydroxylation is 1. The van der Waals surface area contributed by atoms with Crippen molar-refractivity contribution in [2.45, 2.75) is 39.7 Å². The number of unbranched alkanes of at least 4 members (excludes halogenated alkanes) is 1. The number of hydrogen-bond acceptors (Lipinski definition) is 4. The summed E-state index contributed by atoms with van der Waals surface area (Å²) in [6.07, 6.45) is 3.00. The number of rotatable bonds is 10. The van der Waals surface area contributed by atoms with Crippen LogP contribution in [0.2, 0.25) is 0 Å². The molecule has 0 fully saturated rings. The molecule has 0 aliphatic heterocycles. The van der Waals surface area contributed by atoms with E-state index < -0.39 is 0 Å². The molecule has 0 atom stereocenters. The van der Waals surface area contributed by atoms with E-state index >= 15 is 0 Å². The average molecular weight is 404 g/mol. The molecule has 0 aliphatic rings. The molecule has 150 valence electrons. The maximum absolute atomic E-state index is 13.1. The molecule has 1 N–H and O–H groups in total. The third-order valence-electron chi connectivity index (χ3n) is 4.47. The minimum atomic E-state index is -0.253. The number of aromatic nitrogens is 2. The topological polar surface area (TPSA) is 56.1 Å². The maximum Gasteiger partial charge on any atom is 0.261 e. The number of hydrogen-bond donors (Lipinski definition) is 1. The van der Waals surface area contributed by atoms with E-state index in [0.29, 0.717) is 24.6 Å². The van der Waals surface area contributed by atoms with Gasteiger partial charge < -0.3 is 10.1 Å². The Hall–Kier alpha value is -2.25. The molecule has 7 heteroatoms. The standard InChI is InChI=1S/C21H26FN3O2S/c1-3-4-11-27-12-5-10-23-20(26)19-13-18-15(2)24-25(21(18)28-19)14-16-6-8-17(22)9-7-16/h6-9,13H,3-5,10-12,14H2,1-2H3,(H,23,26). The normalized spacial score (nSPS) is 11.2. The van der Waals surface area contributed by atoms with Crippen LogP contribution in [0.4, 0.5) is 4.39 Å². The summed E-state index contributed by atoms with van der Waals surface area (Å²) < 4.78 is 20.5. The molecule has 5 nitrogen and oxygen atoms in total. The molecule has 0 bridgehead atoms. The van der Waals surface area contributed by atoms with Crippen LogP contribution in [-0.4, -0.2) is 35.4 Å². The van der Waals surface area contributed by atoms with E-state index in [2.05, 4.69) is 17.3 Å². The predicted molar refractivity (Wildman–Crippen MR) is 111 cm³/mol. The molecule has 0 unspecified atom stereocenters. The van der Waals surface area contributed by atoms with Gasteiger partial charge in [0, 0.05) is 25.1 Å². The van der Waals surface area contributed by atoms with Gasteiger partial charge in [-0.1, -0.05) is 25.5 Å². The maximum atomic E-state index is 13.1. The first-order valence-electron chi connectivity index (χ1n) is 9.66. The van der Waals surface area contributed by atoms with Crippen molar-refractivity contribution in [3.63, 3.8) is 0 Å². The Morgan fingerprint density at radius 3 is 2.75 bits per heavy atom. The van der Waals surface area contributed by atoms with Gasteiger partial charge in [-0.15, -0.1) is 11.3 Å². The Kier molecular flexibility index (Phi) is 7.17. The van der Waals surface area contributed by atoms with E-state index in [1.807, 2.05) is 17.7 Å². The second-order valence-corrected chi connectivity index (χ2v) is 7.81. The van der Waals surface area contributed by atoms with Crippen LogP contribution in [0.5, 0.6) is 0 Å². The lowest BCUT2D eigenvalue weighted by atomic mass is 10.2. The fourth-order valence-corrected chi connectivity index (χ4v) is 3.98. The van der Waals surface area contributed by atoms with Crippen LogP contribution in [0.3, 0.4) is 0 Å². The molecule has 1 aromatic carbocycles. The Morgan fingerprint density at radius 1 is 1.25 bits per heavy atom. The lowest BCUT2D eigenvalue weighted by molar-refractivity contribution is 0.0944. The molecule has 1 amide bonds. The first-order chi connectivity index (χ1) is 13.6. The summed E-state index contributed by atoms with van der Waals surface area (Å²) in [7, 11) is 0. The highest BCUT2D eigenvalue weighted by atomic mass is 32.1. The zero-order valence-corrected chi connectivity index (χ0v) is 17.2. The minimum Gasteiger partial charge on any atom is -0.381 e. The molecule has 3 rings (SSSR count). The smallest absolute Gasteiger partial charge is 0.261 e. The van der Waals surface area contributed by atoms with Gasteiger partial charge in [0.2, 0.25) is 0 Å². The summed E-state index contributed by atoms with van der Waals surface area (Å²) in [5, 5.41) is 8.51. The number of thiophene rings is 1. The summed E-state index contributed by atoms with van der Waals surface area (Å²) >= 11 is 1.43. The first kappa shape index (κ1) is 20.5.